The molecule has 2 saturated heterocycles. The molecule has 3 aromatic heterocycles. The Labute approximate surface area is 250 Å². The Balaban J connectivity index is 1.31. The van der Waals surface area contributed by atoms with Crippen molar-refractivity contribution < 1.29 is 37.7 Å². The van der Waals surface area contributed by atoms with Crippen LogP contribution >= 0.6 is 18.5 Å². The van der Waals surface area contributed by atoms with Crippen LogP contribution in [0.15, 0.2) is 22.4 Å². The summed E-state index contributed by atoms with van der Waals surface area (Å²) in [6, 6.07) is 0. The number of hydrogen-bond acceptors (Lipinski definition) is 16. The highest BCUT2D eigenvalue weighted by molar-refractivity contribution is 8.07. The van der Waals surface area contributed by atoms with Crippen LogP contribution in [0.4, 0.5) is 32.1 Å². The molecule has 234 valence electrons. The van der Waals surface area contributed by atoms with E-state index >= 15 is 8.78 Å². The topological polar surface area (TPSA) is 245 Å². The highest BCUT2D eigenvalue weighted by Gasteiger charge is 2.50. The number of aromatic amines is 1. The maximum absolute atomic E-state index is 15.4. The summed E-state index contributed by atoms with van der Waals surface area (Å²) in [6.07, 6.45) is -7.43. The molecule has 0 amide bonds. The number of anilines is 3. The van der Waals surface area contributed by atoms with Crippen LogP contribution in [-0.4, -0.2) is 114 Å². The number of H-pyrrole nitrogens is 1. The number of rotatable bonds is 10. The van der Waals surface area contributed by atoms with Crippen molar-refractivity contribution in [2.45, 2.75) is 47.5 Å². The van der Waals surface area contributed by atoms with Gasteiger partial charge >= 0.3 is 6.72 Å². The Kier molecular flexibility index (Phi) is 8.99. The number of hydrogen-bond donors (Lipinski definition) is 6. The van der Waals surface area contributed by atoms with Gasteiger partial charge in [0.05, 0.1) is 24.8 Å². The second-order valence-electron chi connectivity index (χ2n) is 9.50. The Morgan fingerprint density at radius 3 is 2.79 bits per heavy atom. The van der Waals surface area contributed by atoms with E-state index in [2.05, 4.69) is 36.6 Å². The summed E-state index contributed by atoms with van der Waals surface area (Å²) < 4.78 is 48.5. The first-order valence-electron chi connectivity index (χ1n) is 12.4. The number of thioether (sulfide) groups is 1. The fraction of sp³-hybridized carbons (Fsp3) is 0.524. The number of aromatic nitrogens is 6. The van der Waals surface area contributed by atoms with E-state index in [0.29, 0.717) is 0 Å². The molecule has 2 fully saturated rings. The highest BCUT2D eigenvalue weighted by Crippen LogP contribution is 2.54. The lowest BCUT2D eigenvalue weighted by molar-refractivity contribution is -0.0232. The minimum atomic E-state index is -4.29. The Bertz CT molecular complexity index is 1620. The first-order chi connectivity index (χ1) is 20.4. The standard InChI is InChI=1S/C21H27F2N10O7PS2/c1-26-11-15(24)27-5-28-16(11)32(2)19-10(23)13(35)7(39-19)4-38-41(37,42)40-14-9(22)8(3-34)43-20(14)33-6-29-12-17(33)30-21(25)31-18(12)36/h5-10,13-14,19-20,34-35H,1,3-4H2,2H3,(H,37,42)(H2,24,27,28)(H3,25,30,31,36)/t7-,8-,9-,10+,13-,14-,19-,20-,41?/m1/s1. The molecule has 22 heteroatoms. The smallest absolute Gasteiger partial charge is 0.325 e. The third-order valence-corrected chi connectivity index (χ3v) is 9.92. The molecule has 3 aromatic rings. The number of aliphatic hydroxyl groups is 2. The SMILES string of the molecule is C=Nc1c(N)ncnc1N(C)[C@@H]1O[C@H](COP(O)(=S)O[C@@H]2[C@H](F)[C@@H](CO)S[C@H]2n2cnc3c(=O)[nH]c(N)nc32)[C@@H](O)[C@@H]1F. The van der Waals surface area contributed by atoms with E-state index in [1.807, 2.05) is 0 Å². The summed E-state index contributed by atoms with van der Waals surface area (Å²) in [5, 5.41) is 18.2. The molecule has 43 heavy (non-hydrogen) atoms. The normalized spacial score (nSPS) is 30.5. The summed E-state index contributed by atoms with van der Waals surface area (Å²) in [4.78, 5) is 46.3. The van der Waals surface area contributed by atoms with E-state index in [-0.39, 0.29) is 34.4 Å². The molecule has 0 aliphatic carbocycles. The molecular formula is C21H27F2N10O7PS2. The third kappa shape index (κ3) is 5.96. The van der Waals surface area contributed by atoms with Crippen molar-refractivity contribution in [2.24, 2.45) is 4.99 Å². The molecule has 9 atom stereocenters. The fourth-order valence-corrected chi connectivity index (χ4v) is 7.62. The van der Waals surface area contributed by atoms with Gasteiger partial charge in [-0.05, 0) is 18.5 Å². The second kappa shape index (κ2) is 12.3. The van der Waals surface area contributed by atoms with Crippen LogP contribution in [0.3, 0.4) is 0 Å². The summed E-state index contributed by atoms with van der Waals surface area (Å²) in [5.74, 6) is -0.134. The Morgan fingerprint density at radius 2 is 2.09 bits per heavy atom. The van der Waals surface area contributed by atoms with Crippen molar-refractivity contribution in [2.75, 3.05) is 36.6 Å². The summed E-state index contributed by atoms with van der Waals surface area (Å²) in [7, 11) is 1.43. The van der Waals surface area contributed by atoms with Crippen molar-refractivity contribution in [3.8, 4) is 0 Å². The molecule has 5 rings (SSSR count). The van der Waals surface area contributed by atoms with Gasteiger partial charge in [-0.15, -0.1) is 11.8 Å². The van der Waals surface area contributed by atoms with E-state index in [0.717, 1.165) is 18.1 Å². The maximum atomic E-state index is 15.4. The number of aliphatic hydroxyl groups excluding tert-OH is 2. The molecule has 5 heterocycles. The largest absolute Gasteiger partial charge is 0.395 e. The average Bonchev–Trinajstić information content (AvgIpc) is 3.60. The van der Waals surface area contributed by atoms with Gasteiger partial charge in [-0.25, -0.2) is 23.7 Å². The number of nitrogens with one attached hydrogen (secondary N) is 1. The van der Waals surface area contributed by atoms with Crippen molar-refractivity contribution in [3.63, 3.8) is 0 Å². The molecule has 2 aliphatic rings. The van der Waals surface area contributed by atoms with Crippen molar-refractivity contribution >= 4 is 71.4 Å². The molecule has 1 unspecified atom stereocenters. The number of ether oxygens (including phenoxy) is 1. The lowest BCUT2D eigenvalue weighted by Crippen LogP contribution is -2.40. The quantitative estimate of drug-likeness (QED) is 0.118. The first kappa shape index (κ1) is 31.5. The monoisotopic (exact) mass is 664 g/mol. The number of imidazole rings is 1. The minimum Gasteiger partial charge on any atom is -0.395 e. The average molecular weight is 665 g/mol. The number of nitrogen functional groups attached to an aromatic ring is 2. The number of halogens is 2. The molecule has 0 radical (unpaired) electrons. The van der Waals surface area contributed by atoms with Crippen molar-refractivity contribution in [3.05, 3.63) is 23.0 Å². The Morgan fingerprint density at radius 1 is 1.35 bits per heavy atom. The third-order valence-electron chi connectivity index (χ3n) is 6.82. The van der Waals surface area contributed by atoms with Gasteiger partial charge in [-0.3, -0.25) is 23.9 Å². The van der Waals surface area contributed by atoms with Crippen LogP contribution in [0.25, 0.3) is 11.2 Å². The molecule has 8 N–H and O–H groups in total. The van der Waals surface area contributed by atoms with Gasteiger partial charge in [-0.1, -0.05) is 0 Å². The summed E-state index contributed by atoms with van der Waals surface area (Å²) in [6.45, 7) is -2.10. The van der Waals surface area contributed by atoms with Gasteiger partial charge in [0.25, 0.3) is 5.56 Å². The zero-order valence-electron chi connectivity index (χ0n) is 22.2. The number of fused-ring (bicyclic) bond motifs is 1. The van der Waals surface area contributed by atoms with Crippen molar-refractivity contribution in [1.29, 1.82) is 0 Å². The van der Waals surface area contributed by atoms with Crippen molar-refractivity contribution in [1.82, 2.24) is 29.5 Å². The van der Waals surface area contributed by atoms with Crippen LogP contribution in [0, 0.1) is 0 Å². The van der Waals surface area contributed by atoms with E-state index in [1.54, 1.807) is 0 Å². The molecular weight excluding hydrogens is 637 g/mol. The van der Waals surface area contributed by atoms with Gasteiger partial charge in [0, 0.05) is 7.05 Å². The molecule has 0 bridgehead atoms. The van der Waals surface area contributed by atoms with Gasteiger partial charge in [0.15, 0.2) is 35.2 Å². The lowest BCUT2D eigenvalue weighted by Gasteiger charge is -2.28. The molecule has 0 aromatic carbocycles. The van der Waals surface area contributed by atoms with Gasteiger partial charge < -0.3 is 40.7 Å². The molecule has 0 saturated carbocycles. The summed E-state index contributed by atoms with van der Waals surface area (Å²) in [5.41, 5.74) is 10.8. The zero-order valence-corrected chi connectivity index (χ0v) is 24.7. The molecule has 17 nitrogen and oxygen atoms in total. The molecule has 2 aliphatic heterocycles. The lowest BCUT2D eigenvalue weighted by atomic mass is 10.1. The Hall–Kier alpha value is -2.88. The van der Waals surface area contributed by atoms with Crippen LogP contribution in [0.1, 0.15) is 5.37 Å². The predicted octanol–water partition coefficient (Wildman–Crippen LogP) is -0.471. The van der Waals surface area contributed by atoms with E-state index < -0.39 is 73.0 Å². The first-order valence-corrected chi connectivity index (χ1v) is 16.0. The van der Waals surface area contributed by atoms with Gasteiger partial charge in [-0.2, -0.15) is 4.98 Å². The summed E-state index contributed by atoms with van der Waals surface area (Å²) >= 11 is 6.05. The predicted molar refractivity (Wildman–Crippen MR) is 156 cm³/mol. The van der Waals surface area contributed by atoms with E-state index in [4.69, 9.17) is 37.1 Å². The van der Waals surface area contributed by atoms with Gasteiger partial charge in [0.1, 0.15) is 41.9 Å². The van der Waals surface area contributed by atoms with Crippen LogP contribution < -0.4 is 21.9 Å². The number of nitrogens with two attached hydrogens (primary N) is 2. The fourth-order valence-electron chi connectivity index (χ4n) is 4.72. The molecule has 0 spiro atoms. The number of nitrogens with zero attached hydrogens (tertiary/aromatic N) is 7. The van der Waals surface area contributed by atoms with Crippen LogP contribution in [-0.2, 0) is 25.6 Å². The maximum Gasteiger partial charge on any atom is 0.325 e. The van der Waals surface area contributed by atoms with E-state index in [9.17, 15) is 19.9 Å². The van der Waals surface area contributed by atoms with Crippen LogP contribution in [0.2, 0.25) is 0 Å². The number of aliphatic imine (C=N–C) groups is 1. The number of alkyl halides is 2. The zero-order chi connectivity index (χ0) is 31.2. The van der Waals surface area contributed by atoms with Crippen LogP contribution in [0.5, 0.6) is 0 Å². The minimum absolute atomic E-state index is 0.00784. The second-order valence-corrected chi connectivity index (χ2v) is 13.7. The van der Waals surface area contributed by atoms with Gasteiger partial charge in [0.2, 0.25) is 5.95 Å². The van der Waals surface area contributed by atoms with E-state index in [1.165, 1.54) is 22.8 Å². The highest BCUT2D eigenvalue weighted by atomic mass is 32.5.